The van der Waals surface area contributed by atoms with Crippen molar-refractivity contribution in [3.05, 3.63) is 236 Å². The molecule has 9 aromatic carbocycles. The second-order valence-corrected chi connectivity index (χ2v) is 18.4. The summed E-state index contributed by atoms with van der Waals surface area (Å²) in [5.74, 6) is 1.12. The van der Waals surface area contributed by atoms with Crippen LogP contribution in [0, 0.1) is 13.2 Å². The first-order valence-electron chi connectivity index (χ1n) is 29.5. The largest absolute Gasteiger partial charge is 0.458 e. The normalized spacial score (nSPS) is 14.8. The highest BCUT2D eigenvalue weighted by Crippen LogP contribution is 2.47. The third kappa shape index (κ3) is 6.76. The van der Waals surface area contributed by atoms with Crippen molar-refractivity contribution in [2.75, 3.05) is 0 Å². The molecule has 4 heterocycles. The molecule has 13 rings (SSSR count). The Labute approximate surface area is 426 Å². The maximum Gasteiger partial charge on any atom is 0.269 e. The van der Waals surface area contributed by atoms with Gasteiger partial charge >= 0.3 is 0 Å². The molecule has 0 atom stereocenters. The fourth-order valence-corrected chi connectivity index (χ4v) is 9.95. The number of hydrogen-bond donors (Lipinski definition) is 0. The van der Waals surface area contributed by atoms with Crippen molar-refractivity contribution in [1.29, 1.82) is 0 Å². The maximum atomic E-state index is 9.42. The predicted octanol–water partition coefficient (Wildman–Crippen LogP) is 16.2. The third-order valence-corrected chi connectivity index (χ3v) is 13.2. The van der Waals surface area contributed by atoms with Crippen LogP contribution in [0.4, 0.5) is 0 Å². The smallest absolute Gasteiger partial charge is 0.269 e. The van der Waals surface area contributed by atoms with Gasteiger partial charge in [-0.15, -0.1) is 0 Å². The van der Waals surface area contributed by atoms with Crippen LogP contribution < -0.4 is 9.30 Å². The molecule has 0 spiro atoms. The Kier molecular flexibility index (Phi) is 6.90. The molecule has 1 aliphatic heterocycles. The summed E-state index contributed by atoms with van der Waals surface area (Å²) < 4.78 is 126. The minimum Gasteiger partial charge on any atom is -0.458 e. The Balaban J connectivity index is 0.999. The van der Waals surface area contributed by atoms with E-state index in [1.165, 1.54) is 12.3 Å². The quantitative estimate of drug-likeness (QED) is 0.123. The van der Waals surface area contributed by atoms with Crippen LogP contribution in [0.2, 0.25) is 0 Å². The topological polar surface area (TPSA) is 35.9 Å². The minimum atomic E-state index is -2.78. The van der Waals surface area contributed by atoms with Crippen molar-refractivity contribution >= 4 is 32.8 Å². The minimum absolute atomic E-state index is 0.0668. The van der Waals surface area contributed by atoms with Crippen molar-refractivity contribution in [2.45, 2.75) is 33.0 Å². The monoisotopic (exact) mass is 913 g/mol. The summed E-state index contributed by atoms with van der Waals surface area (Å²) in [4.78, 5) is 4.74. The second kappa shape index (κ2) is 16.2. The predicted molar refractivity (Wildman–Crippen MR) is 286 cm³/mol. The van der Waals surface area contributed by atoms with Gasteiger partial charge in [-0.2, -0.15) is 0 Å². The molecule has 5 nitrogen and oxygen atoms in total. The number of ether oxygens (including phenoxy) is 1. The molecule has 0 N–H and O–H groups in total. The number of hydrogen-bond acceptors (Lipinski definition) is 2. The number of rotatable bonds is 6. The Hall–Kier alpha value is -8.80. The fourth-order valence-electron chi connectivity index (χ4n) is 9.95. The molecule has 0 fully saturated rings. The van der Waals surface area contributed by atoms with E-state index in [1.807, 2.05) is 123 Å². The number of pyridine rings is 1. The zero-order chi connectivity index (χ0) is 58.3. The van der Waals surface area contributed by atoms with Crippen molar-refractivity contribution in [3.8, 4) is 84.3 Å². The lowest BCUT2D eigenvalue weighted by Crippen LogP contribution is -2.32. The maximum absolute atomic E-state index is 9.42. The van der Waals surface area contributed by atoms with Crippen LogP contribution >= 0.6 is 0 Å². The first-order chi connectivity index (χ1) is 39.6. The molecule has 0 saturated heterocycles. The van der Waals surface area contributed by atoms with Crippen LogP contribution in [0.1, 0.15) is 49.7 Å². The molecule has 0 amide bonds. The van der Waals surface area contributed by atoms with E-state index >= 15 is 0 Å². The molecule has 0 bridgehead atoms. The molecule has 0 unspecified atom stereocenters. The van der Waals surface area contributed by atoms with Gasteiger partial charge in [-0.1, -0.05) is 184 Å². The van der Waals surface area contributed by atoms with E-state index in [-0.39, 0.29) is 40.2 Å². The van der Waals surface area contributed by atoms with E-state index in [2.05, 4.69) is 63.5 Å². The number of para-hydroxylation sites is 2. The summed E-state index contributed by atoms with van der Waals surface area (Å²) in [6, 6.07) is 43.9. The Morgan fingerprint density at radius 2 is 1.14 bits per heavy atom. The Morgan fingerprint density at radius 1 is 0.543 bits per heavy atom. The van der Waals surface area contributed by atoms with Crippen LogP contribution in [0.5, 0.6) is 11.5 Å². The lowest BCUT2D eigenvalue weighted by Gasteiger charge is -2.26. The summed E-state index contributed by atoms with van der Waals surface area (Å²) in [5, 5.41) is 1.67. The van der Waals surface area contributed by atoms with Gasteiger partial charge in [-0.3, -0.25) is 13.7 Å². The van der Waals surface area contributed by atoms with Gasteiger partial charge in [0.1, 0.15) is 17.3 Å². The highest BCUT2D eigenvalue weighted by Gasteiger charge is 2.29. The third-order valence-electron chi connectivity index (χ3n) is 13.2. The summed E-state index contributed by atoms with van der Waals surface area (Å²) in [6.07, 6.45) is 4.99. The van der Waals surface area contributed by atoms with Gasteiger partial charge in [0.05, 0.1) is 47.1 Å². The zero-order valence-electron chi connectivity index (χ0n) is 51.2. The first kappa shape index (κ1) is 29.8. The van der Waals surface area contributed by atoms with Gasteiger partial charge in [-0.25, -0.2) is 4.98 Å². The van der Waals surface area contributed by atoms with Crippen molar-refractivity contribution < 1.29 is 27.1 Å². The number of imidazole rings is 1. The van der Waals surface area contributed by atoms with E-state index in [0.717, 1.165) is 60.8 Å². The summed E-state index contributed by atoms with van der Waals surface area (Å²) >= 11 is 0. The van der Waals surface area contributed by atoms with E-state index < -0.39 is 60.6 Å². The average Bonchev–Trinajstić information content (AvgIpc) is 2.32. The first-order valence-corrected chi connectivity index (χ1v) is 23.0. The van der Waals surface area contributed by atoms with E-state index in [4.69, 9.17) is 24.8 Å². The molecule has 1 aliphatic rings. The SMILES string of the molecule is [2H]c1c([2H])c([2H])c(-c2cnc(-n3c4ccccc4c4ccc(Oc5cccc(-n6[c-][n+]7c8c(cccc86)-c6ccccc6-c6ccccc6-c6cc(C(C)(C)C)cc(-c8c([2H])c([2H])c([2H])c([2H])c8[2H])c6-7)c5)cc43)cc2C([2H])([2H])[2H])c([2H])c1[2H]. The average molecular weight is 914 g/mol. The molecule has 334 valence electrons. The van der Waals surface area contributed by atoms with Crippen molar-refractivity contribution in [1.82, 2.24) is 14.1 Å². The van der Waals surface area contributed by atoms with E-state index in [0.29, 0.717) is 39.5 Å². The van der Waals surface area contributed by atoms with Crippen LogP contribution in [0.25, 0.3) is 106 Å². The van der Waals surface area contributed by atoms with Crippen molar-refractivity contribution in [3.63, 3.8) is 0 Å². The fraction of sp³-hybridized carbons (Fsp3) is 0.0769. The van der Waals surface area contributed by atoms with Gasteiger partial charge in [0.15, 0.2) is 0 Å². The molecule has 0 radical (unpaired) electrons. The Morgan fingerprint density at radius 3 is 1.87 bits per heavy atom. The second-order valence-electron chi connectivity index (χ2n) is 18.4. The number of benzene rings is 9. The lowest BCUT2D eigenvalue weighted by atomic mass is 9.81. The number of aryl methyl sites for hydroxylation is 1. The zero-order valence-corrected chi connectivity index (χ0v) is 38.2. The molecular weight excluding hydrogens is 853 g/mol. The van der Waals surface area contributed by atoms with Gasteiger partial charge in [0, 0.05) is 32.7 Å². The molecule has 12 aromatic rings. The molecule has 0 saturated carbocycles. The van der Waals surface area contributed by atoms with Crippen LogP contribution in [0.15, 0.2) is 218 Å². The summed E-state index contributed by atoms with van der Waals surface area (Å²) in [6.45, 7) is 3.51. The van der Waals surface area contributed by atoms with Crippen LogP contribution in [-0.2, 0) is 5.41 Å². The lowest BCUT2D eigenvalue weighted by molar-refractivity contribution is -0.570. The van der Waals surface area contributed by atoms with Gasteiger partial charge in [0.25, 0.3) is 6.33 Å². The molecule has 0 aliphatic carbocycles. The highest BCUT2D eigenvalue weighted by atomic mass is 16.5. The number of aromatic nitrogens is 4. The van der Waals surface area contributed by atoms with Crippen LogP contribution in [-0.4, -0.2) is 14.1 Å². The number of fused-ring (bicyclic) bond motifs is 10. The molecule has 70 heavy (non-hydrogen) atoms. The van der Waals surface area contributed by atoms with E-state index in [9.17, 15) is 2.74 Å². The molecule has 3 aromatic heterocycles. The standard InChI is InChI=1S/C65H48N4O/c1-42-35-62(66-40-58(42)44-21-9-6-10-22-44)69-59-31-16-15-29-53(59)54-34-33-48(39-61(54)69)70-47-24-17-23-46(38-47)67-41-68-63-56(43-19-7-5-8-20-43)36-45(65(2,3)4)37-57(63)52-28-14-12-26-50(52)49-25-11-13-27-51(49)55-30-18-32-60(67)64(55)68/h5-40H,1-4H3/i1D3,5D,6D,7D,8D,9D,10D,19D,20D,21D,22D. The number of nitrogens with zero attached hydrogens (tertiary/aromatic N) is 4. The summed E-state index contributed by atoms with van der Waals surface area (Å²) in [7, 11) is 0. The highest BCUT2D eigenvalue weighted by molar-refractivity contribution is 6.09. The molecular formula is C65H48N4O. The Bertz CT molecular complexity index is 4710. The van der Waals surface area contributed by atoms with Crippen molar-refractivity contribution in [2.24, 2.45) is 0 Å². The van der Waals surface area contributed by atoms with Gasteiger partial charge < -0.3 is 4.74 Å². The van der Waals surface area contributed by atoms with Gasteiger partial charge in [0.2, 0.25) is 0 Å². The summed E-state index contributed by atoms with van der Waals surface area (Å²) in [5.41, 5.74) is 9.91. The van der Waals surface area contributed by atoms with Gasteiger partial charge in [-0.05, 0) is 116 Å². The molecule has 5 heteroatoms. The van der Waals surface area contributed by atoms with Crippen LogP contribution in [0.3, 0.4) is 0 Å². The van der Waals surface area contributed by atoms with E-state index in [1.54, 1.807) is 0 Å².